The third-order valence-electron chi connectivity index (χ3n) is 5.39. The summed E-state index contributed by atoms with van der Waals surface area (Å²) in [6, 6.07) is 11.2. The minimum absolute atomic E-state index is 0.0237. The Morgan fingerprint density at radius 3 is 2.00 bits per heavy atom. The van der Waals surface area contributed by atoms with Gasteiger partial charge in [-0.15, -0.1) is 11.3 Å². The van der Waals surface area contributed by atoms with Crippen molar-refractivity contribution in [1.29, 1.82) is 0 Å². The van der Waals surface area contributed by atoms with Crippen LogP contribution in [0.2, 0.25) is 0 Å². The standard InChI is InChI=1S/C15H14N2OS.C9H16O2.C4H8F3NO2S/c1-10(2)18-15-14(13-8-5-9-19-13)16-11-6-3-4-7-12(11)17-15;1-7(2)9(10)11-8-5-3-4-6-8;1-3(2)8-11(9,10)4(5,6)7/h3-10H,1-2H3;7-8H,3-6H2,1-2H3;3,8H,1-2H3. The largest absolute Gasteiger partial charge is 0.511 e. The van der Waals surface area contributed by atoms with Gasteiger partial charge in [0.2, 0.25) is 5.88 Å². The number of benzene rings is 1. The molecule has 0 radical (unpaired) electrons. The lowest BCUT2D eigenvalue weighted by Gasteiger charge is -2.12. The molecule has 2 aromatic heterocycles. The van der Waals surface area contributed by atoms with Crippen molar-refractivity contribution in [1.82, 2.24) is 14.7 Å². The molecule has 1 saturated carbocycles. The smallest absolute Gasteiger partial charge is 0.473 e. The van der Waals surface area contributed by atoms with Gasteiger partial charge < -0.3 is 9.47 Å². The number of sulfonamides is 1. The minimum atomic E-state index is -5.21. The number of thiophene rings is 1. The fourth-order valence-electron chi connectivity index (χ4n) is 3.55. The average molecular weight is 618 g/mol. The molecule has 13 heteroatoms. The summed E-state index contributed by atoms with van der Waals surface area (Å²) in [4.78, 5) is 21.4. The van der Waals surface area contributed by atoms with Crippen LogP contribution in [-0.2, 0) is 19.6 Å². The molecule has 0 unspecified atom stereocenters. The normalized spacial score (nSPS) is 14.0. The predicted octanol–water partition coefficient (Wildman–Crippen LogP) is 7.11. The fraction of sp³-hybridized carbons (Fsp3) is 0.536. The van der Waals surface area contributed by atoms with Crippen LogP contribution in [0.5, 0.6) is 5.88 Å². The number of carbonyl (C=O) groups excluding carboxylic acids is 1. The number of fused-ring (bicyclic) bond motifs is 1. The zero-order valence-electron chi connectivity index (χ0n) is 24.1. The quantitative estimate of drug-likeness (QED) is 0.282. The highest BCUT2D eigenvalue weighted by Gasteiger charge is 2.45. The molecule has 0 aliphatic heterocycles. The SMILES string of the molecule is CC(C)C(=O)OC1CCCC1.CC(C)NS(=O)(=O)C(F)(F)F.CC(C)Oc1nc2ccccc2nc1-c1cccs1. The van der Waals surface area contributed by atoms with E-state index in [0.717, 1.165) is 34.4 Å². The van der Waals surface area contributed by atoms with Crippen molar-refractivity contribution in [2.24, 2.45) is 5.92 Å². The maximum atomic E-state index is 11.5. The molecule has 1 aromatic carbocycles. The molecule has 41 heavy (non-hydrogen) atoms. The molecule has 8 nitrogen and oxygen atoms in total. The summed E-state index contributed by atoms with van der Waals surface area (Å²) < 4.78 is 67.5. The van der Waals surface area contributed by atoms with Crippen LogP contribution in [0.4, 0.5) is 13.2 Å². The third-order valence-corrected chi connectivity index (χ3v) is 7.66. The number of esters is 1. The second-order valence-electron chi connectivity index (χ2n) is 10.2. The van der Waals surface area contributed by atoms with Gasteiger partial charge in [0.15, 0.2) is 0 Å². The number of ether oxygens (including phenoxy) is 2. The molecule has 3 aromatic rings. The Morgan fingerprint density at radius 2 is 1.56 bits per heavy atom. The maximum absolute atomic E-state index is 11.5. The number of hydrogen-bond acceptors (Lipinski definition) is 8. The highest BCUT2D eigenvalue weighted by atomic mass is 32.2. The second-order valence-corrected chi connectivity index (χ2v) is 12.9. The fourth-order valence-corrected chi connectivity index (χ4v) is 5.01. The summed E-state index contributed by atoms with van der Waals surface area (Å²) in [5, 5.41) is 2.03. The number of hydrogen-bond donors (Lipinski definition) is 1. The molecule has 0 amide bonds. The Kier molecular flexibility index (Phi) is 13.0. The first-order chi connectivity index (χ1) is 19.1. The zero-order valence-corrected chi connectivity index (χ0v) is 25.7. The summed E-state index contributed by atoms with van der Waals surface area (Å²) in [5.74, 6) is 0.587. The first-order valence-electron chi connectivity index (χ1n) is 13.4. The van der Waals surface area contributed by atoms with E-state index in [1.165, 1.54) is 31.4 Å². The number of aromatic nitrogens is 2. The summed E-state index contributed by atoms with van der Waals surface area (Å²) in [7, 11) is -5.15. The maximum Gasteiger partial charge on any atom is 0.511 e. The average Bonchev–Trinajstić information content (AvgIpc) is 3.57. The van der Waals surface area contributed by atoms with E-state index in [9.17, 15) is 26.4 Å². The molecule has 1 aliphatic carbocycles. The Bertz CT molecular complexity index is 1340. The molecule has 228 valence electrons. The van der Waals surface area contributed by atoms with Gasteiger partial charge in [0.1, 0.15) is 11.8 Å². The number of carbonyl (C=O) groups is 1. The highest BCUT2D eigenvalue weighted by Crippen LogP contribution is 2.32. The van der Waals surface area contributed by atoms with Crippen LogP contribution in [0.25, 0.3) is 21.6 Å². The molecule has 1 aliphatic rings. The van der Waals surface area contributed by atoms with Crippen LogP contribution in [0, 0.1) is 5.92 Å². The van der Waals surface area contributed by atoms with E-state index >= 15 is 0 Å². The molecule has 0 spiro atoms. The van der Waals surface area contributed by atoms with E-state index in [-0.39, 0.29) is 24.1 Å². The van der Waals surface area contributed by atoms with E-state index < -0.39 is 21.6 Å². The molecule has 4 rings (SSSR count). The van der Waals surface area contributed by atoms with Crippen molar-refractivity contribution in [2.45, 2.75) is 91.0 Å². The number of para-hydroxylation sites is 2. The molecular weight excluding hydrogens is 579 g/mol. The van der Waals surface area contributed by atoms with Crippen LogP contribution in [0.15, 0.2) is 41.8 Å². The van der Waals surface area contributed by atoms with Crippen molar-refractivity contribution >= 4 is 38.4 Å². The van der Waals surface area contributed by atoms with E-state index in [2.05, 4.69) is 4.98 Å². The Labute approximate surface area is 243 Å². The van der Waals surface area contributed by atoms with Gasteiger partial charge in [-0.05, 0) is 77.0 Å². The number of halogens is 3. The molecule has 0 atom stereocenters. The van der Waals surface area contributed by atoms with Crippen molar-refractivity contribution < 1.29 is 35.9 Å². The first kappa shape index (κ1) is 34.4. The molecular formula is C28H38F3N3O5S2. The monoisotopic (exact) mass is 617 g/mol. The highest BCUT2D eigenvalue weighted by molar-refractivity contribution is 7.90. The number of nitrogens with zero attached hydrogens (tertiary/aromatic N) is 2. The molecule has 1 fully saturated rings. The van der Waals surface area contributed by atoms with Crippen molar-refractivity contribution in [3.8, 4) is 16.5 Å². The van der Waals surface area contributed by atoms with Crippen LogP contribution < -0.4 is 9.46 Å². The molecule has 0 saturated heterocycles. The summed E-state index contributed by atoms with van der Waals surface area (Å²) in [6.45, 7) is 10.4. The molecule has 2 heterocycles. The zero-order chi connectivity index (χ0) is 30.8. The van der Waals surface area contributed by atoms with E-state index in [0.29, 0.717) is 5.88 Å². The van der Waals surface area contributed by atoms with Crippen LogP contribution in [0.1, 0.15) is 67.2 Å². The van der Waals surface area contributed by atoms with Gasteiger partial charge in [-0.1, -0.05) is 32.0 Å². The van der Waals surface area contributed by atoms with Crippen molar-refractivity contribution in [2.75, 3.05) is 0 Å². The first-order valence-corrected chi connectivity index (χ1v) is 15.7. The minimum Gasteiger partial charge on any atom is -0.473 e. The van der Waals surface area contributed by atoms with Gasteiger partial charge >= 0.3 is 21.5 Å². The lowest BCUT2D eigenvalue weighted by atomic mass is 10.2. The lowest BCUT2D eigenvalue weighted by Crippen LogP contribution is -2.40. The van der Waals surface area contributed by atoms with Gasteiger partial charge in [0.25, 0.3) is 0 Å². The van der Waals surface area contributed by atoms with Crippen molar-refractivity contribution in [3.05, 3.63) is 41.8 Å². The van der Waals surface area contributed by atoms with E-state index in [1.807, 2.05) is 69.5 Å². The van der Waals surface area contributed by atoms with Gasteiger partial charge in [-0.2, -0.15) is 13.2 Å². The number of nitrogens with one attached hydrogen (secondary N) is 1. The Hall–Kier alpha value is -2.77. The third kappa shape index (κ3) is 11.2. The van der Waals surface area contributed by atoms with E-state index in [4.69, 9.17) is 14.5 Å². The topological polar surface area (TPSA) is 107 Å². The van der Waals surface area contributed by atoms with E-state index in [1.54, 1.807) is 11.3 Å². The Balaban J connectivity index is 0.000000232. The summed E-state index contributed by atoms with van der Waals surface area (Å²) in [6.07, 6.45) is 4.88. The Morgan fingerprint density at radius 1 is 0.976 bits per heavy atom. The summed E-state index contributed by atoms with van der Waals surface area (Å²) in [5.41, 5.74) is -2.64. The molecule has 0 bridgehead atoms. The van der Waals surface area contributed by atoms with Gasteiger partial charge in [-0.25, -0.2) is 23.1 Å². The second kappa shape index (κ2) is 15.5. The van der Waals surface area contributed by atoms with Crippen LogP contribution in [-0.4, -0.2) is 48.1 Å². The lowest BCUT2D eigenvalue weighted by molar-refractivity contribution is -0.152. The van der Waals surface area contributed by atoms with Gasteiger partial charge in [0.05, 0.1) is 27.9 Å². The molecule has 1 N–H and O–H groups in total. The van der Waals surface area contributed by atoms with Gasteiger partial charge in [0, 0.05) is 6.04 Å². The number of rotatable bonds is 7. The van der Waals surface area contributed by atoms with Gasteiger partial charge in [-0.3, -0.25) is 4.79 Å². The summed E-state index contributed by atoms with van der Waals surface area (Å²) >= 11 is 1.64. The van der Waals surface area contributed by atoms with Crippen LogP contribution >= 0.6 is 11.3 Å². The van der Waals surface area contributed by atoms with Crippen LogP contribution in [0.3, 0.4) is 0 Å². The van der Waals surface area contributed by atoms with Crippen molar-refractivity contribution in [3.63, 3.8) is 0 Å². The predicted molar refractivity (Wildman–Crippen MR) is 155 cm³/mol. The number of alkyl halides is 3.